The summed E-state index contributed by atoms with van der Waals surface area (Å²) in [4.78, 5) is 23.6. The Morgan fingerprint density at radius 3 is 2.48 bits per heavy atom. The average molecular weight is 285 g/mol. The number of halogens is 1. The first kappa shape index (κ1) is 14.9. The highest BCUT2D eigenvalue weighted by molar-refractivity contribution is 6.42. The lowest BCUT2D eigenvalue weighted by molar-refractivity contribution is -0.116. The summed E-state index contributed by atoms with van der Waals surface area (Å²) in [5.74, 6) is -1.51. The van der Waals surface area contributed by atoms with Crippen LogP contribution < -0.4 is 5.32 Å². The van der Waals surface area contributed by atoms with Crippen molar-refractivity contribution in [3.8, 4) is 0 Å². The molecule has 108 valence electrons. The predicted molar refractivity (Wildman–Crippen MR) is 78.6 cm³/mol. The minimum Gasteiger partial charge on any atom is -0.349 e. The van der Waals surface area contributed by atoms with E-state index in [0.29, 0.717) is 18.5 Å². The maximum atomic E-state index is 13.0. The molecule has 0 aromatic heterocycles. The monoisotopic (exact) mass is 285 g/mol. The highest BCUT2D eigenvalue weighted by atomic mass is 19.1. The van der Waals surface area contributed by atoms with Crippen molar-refractivity contribution in [3.63, 3.8) is 0 Å². The van der Waals surface area contributed by atoms with Crippen LogP contribution in [0.25, 0.3) is 0 Å². The Hall–Kier alpha value is -2.49. The summed E-state index contributed by atoms with van der Waals surface area (Å²) in [6.45, 7) is 2.20. The number of nitrogens with one attached hydrogen (secondary N) is 1. The van der Waals surface area contributed by atoms with Crippen molar-refractivity contribution >= 4 is 11.7 Å². The molecule has 0 atom stereocenters. The maximum absolute atomic E-state index is 13.0. The van der Waals surface area contributed by atoms with Crippen molar-refractivity contribution in [2.24, 2.45) is 0 Å². The number of ketones is 1. The van der Waals surface area contributed by atoms with Crippen LogP contribution in [0.4, 0.5) is 4.39 Å². The topological polar surface area (TPSA) is 46.2 Å². The van der Waals surface area contributed by atoms with Crippen molar-refractivity contribution in [2.75, 3.05) is 6.54 Å². The number of aryl methyl sites for hydroxylation is 1. The van der Waals surface area contributed by atoms with Crippen LogP contribution in [0.2, 0.25) is 0 Å². The normalized spacial score (nSPS) is 10.2. The average Bonchev–Trinajstić information content (AvgIpc) is 2.47. The molecule has 0 saturated heterocycles. The Morgan fingerprint density at radius 1 is 1.10 bits per heavy atom. The minimum absolute atomic E-state index is 0.292. The molecule has 0 aliphatic rings. The zero-order chi connectivity index (χ0) is 15.2. The first-order valence-corrected chi connectivity index (χ1v) is 6.70. The van der Waals surface area contributed by atoms with Gasteiger partial charge in [-0.3, -0.25) is 9.59 Å². The van der Waals surface area contributed by atoms with Gasteiger partial charge in [0.25, 0.3) is 5.91 Å². The van der Waals surface area contributed by atoms with Gasteiger partial charge in [0.05, 0.1) is 0 Å². The zero-order valence-corrected chi connectivity index (χ0v) is 11.7. The number of amides is 1. The fraction of sp³-hybridized carbons (Fsp3) is 0.176. The molecule has 0 fully saturated rings. The van der Waals surface area contributed by atoms with Crippen LogP contribution in [0.3, 0.4) is 0 Å². The molecule has 1 N–H and O–H groups in total. The standard InChI is InChI=1S/C17H16FNO2/c1-12-5-7-14(8-6-12)16(20)17(21)19-10-9-13-3-2-4-15(18)11-13/h2-8,11H,9-10H2,1H3,(H,19,21). The molecular weight excluding hydrogens is 269 g/mol. The lowest BCUT2D eigenvalue weighted by atomic mass is 10.1. The van der Waals surface area contributed by atoms with Gasteiger partial charge in [0.2, 0.25) is 5.78 Å². The van der Waals surface area contributed by atoms with Crippen LogP contribution in [0.5, 0.6) is 0 Å². The molecule has 21 heavy (non-hydrogen) atoms. The van der Waals surface area contributed by atoms with Gasteiger partial charge in [0.1, 0.15) is 5.82 Å². The number of hydrogen-bond donors (Lipinski definition) is 1. The van der Waals surface area contributed by atoms with Gasteiger partial charge in [0, 0.05) is 12.1 Å². The van der Waals surface area contributed by atoms with Crippen LogP contribution >= 0.6 is 0 Å². The van der Waals surface area contributed by atoms with E-state index in [9.17, 15) is 14.0 Å². The van der Waals surface area contributed by atoms with E-state index in [0.717, 1.165) is 11.1 Å². The van der Waals surface area contributed by atoms with Crippen LogP contribution in [0.1, 0.15) is 21.5 Å². The van der Waals surface area contributed by atoms with Crippen molar-refractivity contribution < 1.29 is 14.0 Å². The number of carbonyl (C=O) groups is 2. The van der Waals surface area contributed by atoms with Gasteiger partial charge in [-0.1, -0.05) is 42.0 Å². The van der Waals surface area contributed by atoms with Crippen molar-refractivity contribution in [3.05, 3.63) is 71.0 Å². The summed E-state index contributed by atoms with van der Waals surface area (Å²) >= 11 is 0. The van der Waals surface area contributed by atoms with E-state index in [1.54, 1.807) is 36.4 Å². The summed E-state index contributed by atoms with van der Waals surface area (Å²) in [7, 11) is 0. The molecule has 1 amide bonds. The number of hydrogen-bond acceptors (Lipinski definition) is 2. The molecule has 0 spiro atoms. The smallest absolute Gasteiger partial charge is 0.292 e. The van der Waals surface area contributed by atoms with Crippen LogP contribution in [0, 0.1) is 12.7 Å². The van der Waals surface area contributed by atoms with Crippen molar-refractivity contribution in [1.82, 2.24) is 5.32 Å². The Balaban J connectivity index is 1.87. The Kier molecular flexibility index (Phi) is 4.82. The second-order valence-electron chi connectivity index (χ2n) is 4.83. The predicted octanol–water partition coefficient (Wildman–Crippen LogP) is 2.68. The number of benzene rings is 2. The third kappa shape index (κ3) is 4.24. The van der Waals surface area contributed by atoms with Gasteiger partial charge >= 0.3 is 0 Å². The lowest BCUT2D eigenvalue weighted by Gasteiger charge is -2.05. The Morgan fingerprint density at radius 2 is 1.81 bits per heavy atom. The minimum atomic E-state index is -0.643. The van der Waals surface area contributed by atoms with Crippen molar-refractivity contribution in [2.45, 2.75) is 13.3 Å². The lowest BCUT2D eigenvalue weighted by Crippen LogP contribution is -2.32. The third-order valence-corrected chi connectivity index (χ3v) is 3.11. The molecule has 2 rings (SSSR count). The maximum Gasteiger partial charge on any atom is 0.292 e. The molecule has 0 bridgehead atoms. The number of Topliss-reactive ketones (excluding diaryl/α,β-unsaturated/α-hetero) is 1. The molecule has 2 aromatic carbocycles. The molecule has 0 radical (unpaired) electrons. The highest BCUT2D eigenvalue weighted by Gasteiger charge is 2.15. The summed E-state index contributed by atoms with van der Waals surface area (Å²) in [5.41, 5.74) is 2.17. The quantitative estimate of drug-likeness (QED) is 0.678. The SMILES string of the molecule is Cc1ccc(C(=O)C(=O)NCCc2cccc(F)c2)cc1. The van der Waals surface area contributed by atoms with Gasteiger partial charge in [-0.05, 0) is 31.0 Å². The number of rotatable bonds is 5. The van der Waals surface area contributed by atoms with Gasteiger partial charge in [-0.25, -0.2) is 4.39 Å². The molecule has 2 aromatic rings. The molecule has 0 aliphatic carbocycles. The zero-order valence-electron chi connectivity index (χ0n) is 11.7. The second-order valence-corrected chi connectivity index (χ2v) is 4.83. The van der Waals surface area contributed by atoms with E-state index < -0.39 is 11.7 Å². The van der Waals surface area contributed by atoms with Crippen LogP contribution in [-0.2, 0) is 11.2 Å². The summed E-state index contributed by atoms with van der Waals surface area (Å²) in [6.07, 6.45) is 0.477. The van der Waals surface area contributed by atoms with E-state index >= 15 is 0 Å². The molecule has 4 heteroatoms. The summed E-state index contributed by atoms with van der Waals surface area (Å²) in [6, 6.07) is 13.0. The largest absolute Gasteiger partial charge is 0.349 e. The van der Waals surface area contributed by atoms with Gasteiger partial charge in [-0.2, -0.15) is 0 Å². The molecule has 0 unspecified atom stereocenters. The van der Waals surface area contributed by atoms with Crippen molar-refractivity contribution in [1.29, 1.82) is 0 Å². The number of carbonyl (C=O) groups excluding carboxylic acids is 2. The van der Waals surface area contributed by atoms with E-state index in [2.05, 4.69) is 5.32 Å². The second kappa shape index (κ2) is 6.79. The third-order valence-electron chi connectivity index (χ3n) is 3.11. The fourth-order valence-electron chi connectivity index (χ4n) is 1.93. The van der Waals surface area contributed by atoms with Crippen LogP contribution in [-0.4, -0.2) is 18.2 Å². The molecule has 0 heterocycles. The molecule has 3 nitrogen and oxygen atoms in total. The van der Waals surface area contributed by atoms with Gasteiger partial charge in [0.15, 0.2) is 0 Å². The van der Waals surface area contributed by atoms with Gasteiger partial charge in [-0.15, -0.1) is 0 Å². The first-order valence-electron chi connectivity index (χ1n) is 6.70. The highest BCUT2D eigenvalue weighted by Crippen LogP contribution is 2.05. The van der Waals surface area contributed by atoms with E-state index in [4.69, 9.17) is 0 Å². The van der Waals surface area contributed by atoms with E-state index in [1.165, 1.54) is 12.1 Å². The van der Waals surface area contributed by atoms with E-state index in [-0.39, 0.29) is 5.82 Å². The summed E-state index contributed by atoms with van der Waals surface area (Å²) < 4.78 is 13.0. The Bertz CT molecular complexity index is 650. The van der Waals surface area contributed by atoms with Gasteiger partial charge < -0.3 is 5.32 Å². The van der Waals surface area contributed by atoms with Crippen LogP contribution in [0.15, 0.2) is 48.5 Å². The Labute approximate surface area is 122 Å². The first-order chi connectivity index (χ1) is 10.1. The molecular formula is C17H16FNO2. The van der Waals surface area contributed by atoms with E-state index in [1.807, 2.05) is 6.92 Å². The summed E-state index contributed by atoms with van der Waals surface area (Å²) in [5, 5.41) is 2.55. The molecule has 0 aliphatic heterocycles. The molecule has 0 saturated carbocycles. The fourth-order valence-corrected chi connectivity index (χ4v) is 1.93.